The Bertz CT molecular complexity index is 377. The van der Waals surface area contributed by atoms with Gasteiger partial charge in [0.1, 0.15) is 0 Å². The summed E-state index contributed by atoms with van der Waals surface area (Å²) in [7, 11) is 0. The number of rotatable bonds is 6. The highest BCUT2D eigenvalue weighted by molar-refractivity contribution is 7.09. The Labute approximate surface area is 113 Å². The van der Waals surface area contributed by atoms with Crippen LogP contribution in [0.2, 0.25) is 0 Å². The molecule has 4 heteroatoms. The van der Waals surface area contributed by atoms with Gasteiger partial charge >= 0.3 is 0 Å². The Morgan fingerprint density at radius 1 is 1.56 bits per heavy atom. The molecule has 1 aromatic rings. The highest BCUT2D eigenvalue weighted by atomic mass is 32.1. The van der Waals surface area contributed by atoms with E-state index in [1.165, 1.54) is 4.88 Å². The summed E-state index contributed by atoms with van der Waals surface area (Å²) in [5.41, 5.74) is -0.824. The summed E-state index contributed by atoms with van der Waals surface area (Å²) in [6.07, 6.45) is 0.904. The maximum atomic E-state index is 10.6. The minimum absolute atomic E-state index is 0.175. The molecule has 1 aliphatic carbocycles. The Morgan fingerprint density at radius 3 is 2.89 bits per heavy atom. The van der Waals surface area contributed by atoms with Crippen molar-refractivity contribution in [3.63, 3.8) is 0 Å². The SMILES string of the molecule is CCO[C@@H]1C[C@](O)(CNCc2cccs2)C1(C)C. The third kappa shape index (κ3) is 2.48. The van der Waals surface area contributed by atoms with E-state index in [0.29, 0.717) is 13.2 Å². The minimum atomic E-state index is -0.649. The molecule has 0 aliphatic heterocycles. The van der Waals surface area contributed by atoms with E-state index in [4.69, 9.17) is 4.74 Å². The van der Waals surface area contributed by atoms with Gasteiger partial charge in [0.25, 0.3) is 0 Å². The highest BCUT2D eigenvalue weighted by Gasteiger charge is 2.59. The molecule has 0 bridgehead atoms. The highest BCUT2D eigenvalue weighted by Crippen LogP contribution is 2.50. The zero-order valence-electron chi connectivity index (χ0n) is 11.4. The van der Waals surface area contributed by atoms with Gasteiger partial charge in [-0.2, -0.15) is 0 Å². The average Bonchev–Trinajstić information content (AvgIpc) is 2.82. The molecular formula is C14H23NO2S. The summed E-state index contributed by atoms with van der Waals surface area (Å²) in [5, 5.41) is 16.1. The predicted molar refractivity (Wildman–Crippen MR) is 74.8 cm³/mol. The van der Waals surface area contributed by atoms with Crippen molar-refractivity contribution in [2.24, 2.45) is 5.41 Å². The Kier molecular flexibility index (Phi) is 4.11. The van der Waals surface area contributed by atoms with Gasteiger partial charge in [0, 0.05) is 36.4 Å². The molecule has 1 saturated carbocycles. The van der Waals surface area contributed by atoms with Crippen LogP contribution in [0.25, 0.3) is 0 Å². The first-order valence-electron chi connectivity index (χ1n) is 6.56. The van der Waals surface area contributed by atoms with E-state index < -0.39 is 5.60 Å². The smallest absolute Gasteiger partial charge is 0.0871 e. The van der Waals surface area contributed by atoms with Gasteiger partial charge in [0.05, 0.1) is 11.7 Å². The number of hydrogen-bond donors (Lipinski definition) is 2. The van der Waals surface area contributed by atoms with Crippen LogP contribution in [-0.4, -0.2) is 30.0 Å². The largest absolute Gasteiger partial charge is 0.388 e. The number of ether oxygens (including phenoxy) is 1. The van der Waals surface area contributed by atoms with E-state index in [0.717, 1.165) is 13.0 Å². The molecule has 0 aromatic carbocycles. The molecule has 1 aliphatic rings. The van der Waals surface area contributed by atoms with Crippen molar-refractivity contribution in [2.45, 2.75) is 45.4 Å². The second-order valence-corrected chi connectivity index (χ2v) is 6.62. The fourth-order valence-electron chi connectivity index (χ4n) is 2.57. The molecule has 0 unspecified atom stereocenters. The zero-order chi connectivity index (χ0) is 13.2. The van der Waals surface area contributed by atoms with E-state index in [-0.39, 0.29) is 11.5 Å². The lowest BCUT2D eigenvalue weighted by Crippen LogP contribution is -2.68. The van der Waals surface area contributed by atoms with Gasteiger partial charge in [-0.15, -0.1) is 11.3 Å². The summed E-state index contributed by atoms with van der Waals surface area (Å²) >= 11 is 1.74. The summed E-state index contributed by atoms with van der Waals surface area (Å²) < 4.78 is 5.66. The van der Waals surface area contributed by atoms with Crippen LogP contribution in [0.15, 0.2) is 17.5 Å². The quantitative estimate of drug-likeness (QED) is 0.833. The monoisotopic (exact) mass is 269 g/mol. The van der Waals surface area contributed by atoms with Gasteiger partial charge in [-0.25, -0.2) is 0 Å². The fourth-order valence-corrected chi connectivity index (χ4v) is 3.24. The van der Waals surface area contributed by atoms with Crippen LogP contribution in [0, 0.1) is 5.41 Å². The van der Waals surface area contributed by atoms with Crippen LogP contribution in [0.4, 0.5) is 0 Å². The minimum Gasteiger partial charge on any atom is -0.388 e. The normalized spacial score (nSPS) is 30.1. The van der Waals surface area contributed by atoms with Crippen LogP contribution >= 0.6 is 11.3 Å². The van der Waals surface area contributed by atoms with Crippen molar-refractivity contribution in [1.29, 1.82) is 0 Å². The third-order valence-electron chi connectivity index (χ3n) is 4.19. The molecule has 0 radical (unpaired) electrons. The molecule has 3 nitrogen and oxygen atoms in total. The van der Waals surface area contributed by atoms with E-state index in [2.05, 4.69) is 36.7 Å². The molecule has 102 valence electrons. The molecular weight excluding hydrogens is 246 g/mol. The molecule has 2 atom stereocenters. The Morgan fingerprint density at radius 2 is 2.33 bits per heavy atom. The Hall–Kier alpha value is -0.420. The van der Waals surface area contributed by atoms with Gasteiger partial charge in [-0.05, 0) is 18.4 Å². The summed E-state index contributed by atoms with van der Waals surface area (Å²) in [5.74, 6) is 0. The van der Waals surface area contributed by atoms with E-state index in [1.54, 1.807) is 11.3 Å². The maximum Gasteiger partial charge on any atom is 0.0871 e. The first kappa shape index (κ1) is 14.0. The van der Waals surface area contributed by atoms with Crippen molar-refractivity contribution < 1.29 is 9.84 Å². The number of aliphatic hydroxyl groups is 1. The maximum absolute atomic E-state index is 10.6. The van der Waals surface area contributed by atoms with E-state index in [9.17, 15) is 5.11 Å². The summed E-state index contributed by atoms with van der Waals surface area (Å²) in [6, 6.07) is 4.16. The lowest BCUT2D eigenvalue weighted by atomic mass is 9.56. The molecule has 0 amide bonds. The summed E-state index contributed by atoms with van der Waals surface area (Å²) in [4.78, 5) is 1.30. The van der Waals surface area contributed by atoms with Gasteiger partial charge in [-0.3, -0.25) is 0 Å². The third-order valence-corrected chi connectivity index (χ3v) is 5.07. The van der Waals surface area contributed by atoms with Gasteiger partial charge in [0.2, 0.25) is 0 Å². The molecule has 18 heavy (non-hydrogen) atoms. The lowest BCUT2D eigenvalue weighted by Gasteiger charge is -2.58. The van der Waals surface area contributed by atoms with Crippen LogP contribution in [0.3, 0.4) is 0 Å². The van der Waals surface area contributed by atoms with Gasteiger partial charge in [0.15, 0.2) is 0 Å². The standard InChI is InChI=1S/C14H23NO2S/c1-4-17-12-8-14(16,13(12,2)3)10-15-9-11-6-5-7-18-11/h5-7,12,15-16H,4,8-10H2,1-3H3/t12-,14+/m1/s1. The van der Waals surface area contributed by atoms with Crippen LogP contribution in [0.5, 0.6) is 0 Å². The topological polar surface area (TPSA) is 41.5 Å². The van der Waals surface area contributed by atoms with E-state index in [1.807, 2.05) is 6.92 Å². The molecule has 1 fully saturated rings. The number of hydrogen-bond acceptors (Lipinski definition) is 4. The molecule has 0 saturated heterocycles. The van der Waals surface area contributed by atoms with Crippen molar-refractivity contribution >= 4 is 11.3 Å². The van der Waals surface area contributed by atoms with Crippen LogP contribution in [0.1, 0.15) is 32.1 Å². The van der Waals surface area contributed by atoms with Crippen molar-refractivity contribution in [1.82, 2.24) is 5.32 Å². The molecule has 1 heterocycles. The van der Waals surface area contributed by atoms with Crippen molar-refractivity contribution in [2.75, 3.05) is 13.2 Å². The van der Waals surface area contributed by atoms with Crippen molar-refractivity contribution in [3.8, 4) is 0 Å². The number of nitrogens with one attached hydrogen (secondary N) is 1. The summed E-state index contributed by atoms with van der Waals surface area (Å²) in [6.45, 7) is 8.35. The van der Waals surface area contributed by atoms with E-state index >= 15 is 0 Å². The predicted octanol–water partition coefficient (Wildman–Crippen LogP) is 2.40. The molecule has 1 aromatic heterocycles. The second-order valence-electron chi connectivity index (χ2n) is 5.58. The second kappa shape index (κ2) is 5.29. The van der Waals surface area contributed by atoms with Crippen LogP contribution in [-0.2, 0) is 11.3 Å². The van der Waals surface area contributed by atoms with Crippen LogP contribution < -0.4 is 5.32 Å². The average molecular weight is 269 g/mol. The molecule has 2 rings (SSSR count). The molecule has 0 spiro atoms. The number of thiophene rings is 1. The van der Waals surface area contributed by atoms with Crippen molar-refractivity contribution in [3.05, 3.63) is 22.4 Å². The molecule has 2 N–H and O–H groups in total. The Balaban J connectivity index is 1.82. The fraction of sp³-hybridized carbons (Fsp3) is 0.714. The van der Waals surface area contributed by atoms with Gasteiger partial charge < -0.3 is 15.2 Å². The van der Waals surface area contributed by atoms with Gasteiger partial charge in [-0.1, -0.05) is 19.9 Å². The first-order valence-corrected chi connectivity index (χ1v) is 7.44. The lowest BCUT2D eigenvalue weighted by molar-refractivity contribution is -0.238. The first-order chi connectivity index (χ1) is 8.49. The zero-order valence-corrected chi connectivity index (χ0v) is 12.2.